The van der Waals surface area contributed by atoms with Crippen molar-refractivity contribution in [3.63, 3.8) is 0 Å². The number of anilines is 1. The van der Waals surface area contributed by atoms with Crippen molar-refractivity contribution in [2.24, 2.45) is 0 Å². The van der Waals surface area contributed by atoms with Gasteiger partial charge in [-0.3, -0.25) is 4.79 Å². The Hall–Kier alpha value is -3.19. The van der Waals surface area contributed by atoms with Gasteiger partial charge in [-0.1, -0.05) is 35.6 Å². The number of fused-ring (bicyclic) bond motifs is 2. The number of thiazole rings is 1. The molecule has 28 heavy (non-hydrogen) atoms. The van der Waals surface area contributed by atoms with Crippen LogP contribution in [0.1, 0.15) is 29.2 Å². The topological polar surface area (TPSA) is 69.0 Å². The molecule has 1 aliphatic rings. The number of nitrogens with one attached hydrogen (secondary N) is 1. The number of rotatable bonds is 3. The summed E-state index contributed by atoms with van der Waals surface area (Å²) in [6.45, 7) is 1.98. The van der Waals surface area contributed by atoms with E-state index in [1.807, 2.05) is 55.5 Å². The van der Waals surface area contributed by atoms with Gasteiger partial charge in [0.15, 0.2) is 0 Å². The molecule has 140 valence electrons. The Morgan fingerprint density at radius 2 is 1.96 bits per heavy atom. The average molecular weight is 390 g/mol. The van der Waals surface area contributed by atoms with Gasteiger partial charge >= 0.3 is 0 Å². The van der Waals surface area contributed by atoms with Gasteiger partial charge in [-0.25, -0.2) is 4.98 Å². The molecule has 4 aromatic rings. The number of para-hydroxylation sites is 1. The highest BCUT2D eigenvalue weighted by Gasteiger charge is 2.33. The van der Waals surface area contributed by atoms with E-state index in [4.69, 9.17) is 14.8 Å². The fourth-order valence-corrected chi connectivity index (χ4v) is 4.68. The van der Waals surface area contributed by atoms with Crippen LogP contribution in [-0.2, 0) is 4.79 Å². The molecular formula is C21H18N4O2S. The molecule has 1 amide bonds. The first-order valence-electron chi connectivity index (χ1n) is 9.03. The van der Waals surface area contributed by atoms with Crippen LogP contribution in [0.15, 0.2) is 48.5 Å². The predicted molar refractivity (Wildman–Crippen MR) is 110 cm³/mol. The molecule has 2 aromatic carbocycles. The Balaban J connectivity index is 1.64. The molecule has 1 N–H and O–H groups in total. The minimum atomic E-state index is -0.0437. The van der Waals surface area contributed by atoms with Crippen molar-refractivity contribution in [1.29, 1.82) is 0 Å². The van der Waals surface area contributed by atoms with E-state index in [-0.39, 0.29) is 11.8 Å². The minimum absolute atomic E-state index is 0.0180. The van der Waals surface area contributed by atoms with Gasteiger partial charge in [-0.15, -0.1) is 0 Å². The van der Waals surface area contributed by atoms with E-state index in [1.54, 1.807) is 23.1 Å². The number of benzene rings is 2. The van der Waals surface area contributed by atoms with Crippen LogP contribution in [0.5, 0.6) is 5.75 Å². The number of carbonyl (C=O) groups excluding carboxylic acids is 1. The fourth-order valence-electron chi connectivity index (χ4n) is 3.76. The van der Waals surface area contributed by atoms with Gasteiger partial charge in [0.05, 0.1) is 23.0 Å². The first kappa shape index (κ1) is 16.9. The van der Waals surface area contributed by atoms with Gasteiger partial charge in [0.25, 0.3) is 0 Å². The molecule has 2 aromatic heterocycles. The highest BCUT2D eigenvalue weighted by molar-refractivity contribution is 7.20. The molecule has 1 atom stereocenters. The molecule has 0 saturated carbocycles. The van der Waals surface area contributed by atoms with Gasteiger partial charge < -0.3 is 10.1 Å². The lowest BCUT2D eigenvalue weighted by molar-refractivity contribution is -0.116. The number of ether oxygens (including phenoxy) is 1. The van der Waals surface area contributed by atoms with E-state index >= 15 is 0 Å². The van der Waals surface area contributed by atoms with Crippen molar-refractivity contribution in [3.8, 4) is 10.9 Å². The highest BCUT2D eigenvalue weighted by Crippen LogP contribution is 2.41. The van der Waals surface area contributed by atoms with Gasteiger partial charge in [-0.2, -0.15) is 9.78 Å². The van der Waals surface area contributed by atoms with Crippen LogP contribution >= 0.6 is 11.3 Å². The molecule has 0 spiro atoms. The first-order valence-corrected chi connectivity index (χ1v) is 9.85. The largest absolute Gasteiger partial charge is 0.497 e. The van der Waals surface area contributed by atoms with Gasteiger partial charge in [0.1, 0.15) is 11.6 Å². The summed E-state index contributed by atoms with van der Waals surface area (Å²) in [5, 5.41) is 8.50. The third kappa shape index (κ3) is 2.66. The van der Waals surface area contributed by atoms with Crippen LogP contribution < -0.4 is 10.1 Å². The molecule has 0 saturated heterocycles. The Bertz CT molecular complexity index is 1160. The standard InChI is InChI=1S/C21H18N4O2S/c1-12-19-15(13-7-9-14(27-2)10-8-13)11-18(26)23-20(19)25(24-12)21-22-16-5-3-4-6-17(16)28-21/h3-10,15H,11H2,1-2H3,(H,23,26)/t15-/m0/s1. The maximum absolute atomic E-state index is 12.5. The van der Waals surface area contributed by atoms with E-state index in [9.17, 15) is 4.79 Å². The van der Waals surface area contributed by atoms with Crippen molar-refractivity contribution in [1.82, 2.24) is 14.8 Å². The lowest BCUT2D eigenvalue weighted by Crippen LogP contribution is -2.24. The average Bonchev–Trinajstić information content (AvgIpc) is 3.28. The summed E-state index contributed by atoms with van der Waals surface area (Å²) in [6, 6.07) is 15.9. The maximum atomic E-state index is 12.5. The van der Waals surface area contributed by atoms with Crippen LogP contribution in [0, 0.1) is 6.92 Å². The monoisotopic (exact) mass is 390 g/mol. The van der Waals surface area contributed by atoms with E-state index in [0.29, 0.717) is 12.2 Å². The number of carbonyl (C=O) groups is 1. The number of amides is 1. The molecule has 0 aliphatic carbocycles. The molecule has 0 fully saturated rings. The smallest absolute Gasteiger partial charge is 0.226 e. The molecule has 0 unspecified atom stereocenters. The second kappa shape index (κ2) is 6.45. The lowest BCUT2D eigenvalue weighted by Gasteiger charge is -2.24. The Morgan fingerprint density at radius 3 is 2.71 bits per heavy atom. The summed E-state index contributed by atoms with van der Waals surface area (Å²) in [7, 11) is 1.65. The molecule has 0 radical (unpaired) electrons. The summed E-state index contributed by atoms with van der Waals surface area (Å²) in [6.07, 6.45) is 0.395. The van der Waals surface area contributed by atoms with Crippen LogP contribution in [-0.4, -0.2) is 27.8 Å². The minimum Gasteiger partial charge on any atom is -0.497 e. The third-order valence-electron chi connectivity index (χ3n) is 5.08. The number of aryl methyl sites for hydroxylation is 1. The van der Waals surface area contributed by atoms with Gasteiger partial charge in [0.2, 0.25) is 11.0 Å². The number of hydrogen-bond donors (Lipinski definition) is 1. The zero-order chi connectivity index (χ0) is 19.3. The van der Waals surface area contributed by atoms with Gasteiger partial charge in [-0.05, 0) is 36.8 Å². The molecular weight excluding hydrogens is 372 g/mol. The number of aromatic nitrogens is 3. The van der Waals surface area contributed by atoms with Crippen molar-refractivity contribution < 1.29 is 9.53 Å². The van der Waals surface area contributed by atoms with Gasteiger partial charge in [0, 0.05) is 17.9 Å². The second-order valence-corrected chi connectivity index (χ2v) is 7.81. The van der Waals surface area contributed by atoms with E-state index < -0.39 is 0 Å². The quantitative estimate of drug-likeness (QED) is 0.567. The van der Waals surface area contributed by atoms with Crippen LogP contribution in [0.4, 0.5) is 5.82 Å². The van der Waals surface area contributed by atoms with Crippen LogP contribution in [0.3, 0.4) is 0 Å². The van der Waals surface area contributed by atoms with Crippen LogP contribution in [0.2, 0.25) is 0 Å². The van der Waals surface area contributed by atoms with E-state index in [0.717, 1.165) is 37.9 Å². The van der Waals surface area contributed by atoms with Crippen molar-refractivity contribution in [2.45, 2.75) is 19.3 Å². The molecule has 0 bridgehead atoms. The summed E-state index contributed by atoms with van der Waals surface area (Å²) in [4.78, 5) is 17.2. The van der Waals surface area contributed by atoms with Crippen molar-refractivity contribution in [3.05, 3.63) is 65.4 Å². The summed E-state index contributed by atoms with van der Waals surface area (Å²) < 4.78 is 8.12. The Kier molecular flexibility index (Phi) is 3.91. The zero-order valence-corrected chi connectivity index (χ0v) is 16.3. The second-order valence-electron chi connectivity index (χ2n) is 6.80. The molecule has 3 heterocycles. The molecule has 6 nitrogen and oxygen atoms in total. The summed E-state index contributed by atoms with van der Waals surface area (Å²) in [5.41, 5.74) is 3.95. The Labute approximate surface area is 165 Å². The highest BCUT2D eigenvalue weighted by atomic mass is 32.1. The first-order chi connectivity index (χ1) is 13.6. The van der Waals surface area contributed by atoms with E-state index in [2.05, 4.69) is 5.32 Å². The predicted octanol–water partition coefficient (Wildman–Crippen LogP) is 4.27. The fraction of sp³-hybridized carbons (Fsp3) is 0.190. The molecule has 7 heteroatoms. The number of hydrogen-bond acceptors (Lipinski definition) is 5. The third-order valence-corrected chi connectivity index (χ3v) is 6.10. The van der Waals surface area contributed by atoms with E-state index in [1.165, 1.54) is 0 Å². The zero-order valence-electron chi connectivity index (χ0n) is 15.5. The van der Waals surface area contributed by atoms with Crippen LogP contribution in [0.25, 0.3) is 15.3 Å². The number of nitrogens with zero attached hydrogens (tertiary/aromatic N) is 3. The Morgan fingerprint density at radius 1 is 1.18 bits per heavy atom. The maximum Gasteiger partial charge on any atom is 0.226 e. The van der Waals surface area contributed by atoms with Crippen molar-refractivity contribution >= 4 is 33.3 Å². The SMILES string of the molecule is COc1ccc([C@@H]2CC(=O)Nc3c2c(C)nn3-c2nc3ccccc3s2)cc1. The normalized spacial score (nSPS) is 16.1. The lowest BCUT2D eigenvalue weighted by atomic mass is 9.86. The number of methoxy groups -OCH3 is 1. The van der Waals surface area contributed by atoms with Crippen molar-refractivity contribution in [2.75, 3.05) is 12.4 Å². The molecule has 1 aliphatic heterocycles. The summed E-state index contributed by atoms with van der Waals surface area (Å²) in [5.74, 6) is 1.45. The molecule has 5 rings (SSSR count). The summed E-state index contributed by atoms with van der Waals surface area (Å²) >= 11 is 1.56.